The molecule has 1 amide bonds. The Morgan fingerprint density at radius 3 is 2.41 bits per heavy atom. The lowest BCUT2D eigenvalue weighted by atomic mass is 10.2. The second-order valence-corrected chi connectivity index (χ2v) is 4.79. The van der Waals surface area contributed by atoms with Crippen LogP contribution in [0.4, 0.5) is 10.7 Å². The molecule has 0 saturated carbocycles. The largest absolute Gasteiger partial charge is 0.399 e. The number of carbonyl (C=O) groups is 1. The number of carbonyl (C=O) groups excluding carboxylic acids is 1. The van der Waals surface area contributed by atoms with Crippen LogP contribution >= 0.6 is 11.3 Å². The molecule has 4 heteroatoms. The molecule has 1 heterocycles. The maximum absolute atomic E-state index is 12.2. The third kappa shape index (κ3) is 2.31. The van der Waals surface area contributed by atoms with E-state index in [0.717, 1.165) is 10.6 Å². The van der Waals surface area contributed by atoms with Crippen molar-refractivity contribution in [2.24, 2.45) is 0 Å². The van der Waals surface area contributed by atoms with E-state index in [2.05, 4.69) is 0 Å². The molecule has 1 aromatic carbocycles. The molecular formula is C13H14N2OS. The highest BCUT2D eigenvalue weighted by atomic mass is 32.1. The summed E-state index contributed by atoms with van der Waals surface area (Å²) in [5.74, 6) is -0.0180. The van der Waals surface area contributed by atoms with Gasteiger partial charge in [0.2, 0.25) is 0 Å². The summed E-state index contributed by atoms with van der Waals surface area (Å²) >= 11 is 1.56. The van der Waals surface area contributed by atoms with Crippen molar-refractivity contribution in [2.45, 2.75) is 6.92 Å². The van der Waals surface area contributed by atoms with Crippen molar-refractivity contribution in [2.75, 3.05) is 17.7 Å². The number of aryl methyl sites for hydroxylation is 1. The van der Waals surface area contributed by atoms with E-state index in [-0.39, 0.29) is 5.91 Å². The lowest BCUT2D eigenvalue weighted by molar-refractivity contribution is 0.0993. The summed E-state index contributed by atoms with van der Waals surface area (Å²) < 4.78 is 0. The molecule has 0 atom stereocenters. The first-order valence-corrected chi connectivity index (χ1v) is 6.15. The number of thiophene rings is 1. The molecule has 0 unspecified atom stereocenters. The van der Waals surface area contributed by atoms with Crippen LogP contribution in [-0.4, -0.2) is 13.0 Å². The highest BCUT2D eigenvalue weighted by Gasteiger charge is 2.15. The molecule has 0 aliphatic heterocycles. The molecular weight excluding hydrogens is 232 g/mol. The fraction of sp³-hybridized carbons (Fsp3) is 0.154. The van der Waals surface area contributed by atoms with Crippen molar-refractivity contribution in [3.8, 4) is 0 Å². The fourth-order valence-corrected chi connectivity index (χ4v) is 2.52. The third-order valence-electron chi connectivity index (χ3n) is 2.60. The van der Waals surface area contributed by atoms with Gasteiger partial charge in [-0.25, -0.2) is 0 Å². The molecule has 88 valence electrons. The third-order valence-corrected chi connectivity index (χ3v) is 3.69. The van der Waals surface area contributed by atoms with E-state index in [9.17, 15) is 4.79 Å². The molecule has 2 aromatic rings. The van der Waals surface area contributed by atoms with E-state index in [1.165, 1.54) is 0 Å². The molecule has 0 spiro atoms. The van der Waals surface area contributed by atoms with E-state index in [1.54, 1.807) is 47.5 Å². The lowest BCUT2D eigenvalue weighted by Gasteiger charge is -2.16. The van der Waals surface area contributed by atoms with Gasteiger partial charge in [0.05, 0.1) is 0 Å². The van der Waals surface area contributed by atoms with Gasteiger partial charge in [-0.15, -0.1) is 11.3 Å². The Balaban J connectivity index is 2.26. The van der Waals surface area contributed by atoms with E-state index >= 15 is 0 Å². The first-order valence-electron chi connectivity index (χ1n) is 5.27. The van der Waals surface area contributed by atoms with Gasteiger partial charge in [-0.1, -0.05) is 0 Å². The molecule has 0 aliphatic rings. The predicted molar refractivity (Wildman–Crippen MR) is 72.6 cm³/mol. The summed E-state index contributed by atoms with van der Waals surface area (Å²) in [5, 5.41) is 2.96. The van der Waals surface area contributed by atoms with Gasteiger partial charge in [0, 0.05) is 18.3 Å². The van der Waals surface area contributed by atoms with Crippen molar-refractivity contribution < 1.29 is 4.79 Å². The van der Waals surface area contributed by atoms with Gasteiger partial charge in [-0.2, -0.15) is 0 Å². The SMILES string of the molecule is Cc1ccsc1N(C)C(=O)c1ccc(N)cc1. The number of anilines is 2. The minimum Gasteiger partial charge on any atom is -0.399 e. The van der Waals surface area contributed by atoms with Crippen LogP contribution in [-0.2, 0) is 0 Å². The fourth-order valence-electron chi connectivity index (χ4n) is 1.62. The van der Waals surface area contributed by atoms with Crippen LogP contribution in [0.15, 0.2) is 35.7 Å². The van der Waals surface area contributed by atoms with Crippen LogP contribution in [0.2, 0.25) is 0 Å². The van der Waals surface area contributed by atoms with Crippen molar-refractivity contribution in [1.82, 2.24) is 0 Å². The van der Waals surface area contributed by atoms with Crippen molar-refractivity contribution in [3.63, 3.8) is 0 Å². The number of hydrogen-bond acceptors (Lipinski definition) is 3. The molecule has 0 aliphatic carbocycles. The van der Waals surface area contributed by atoms with E-state index in [4.69, 9.17) is 5.73 Å². The van der Waals surface area contributed by atoms with Gasteiger partial charge in [-0.05, 0) is 48.2 Å². The Hall–Kier alpha value is -1.81. The number of nitrogen functional groups attached to an aromatic ring is 1. The Bertz CT molecular complexity index is 531. The summed E-state index contributed by atoms with van der Waals surface area (Å²) in [4.78, 5) is 13.9. The van der Waals surface area contributed by atoms with Gasteiger partial charge < -0.3 is 10.6 Å². The second-order valence-electron chi connectivity index (χ2n) is 3.89. The van der Waals surface area contributed by atoms with E-state index in [1.807, 2.05) is 18.4 Å². The summed E-state index contributed by atoms with van der Waals surface area (Å²) in [6.07, 6.45) is 0. The van der Waals surface area contributed by atoms with Crippen LogP contribution in [0.25, 0.3) is 0 Å². The molecule has 17 heavy (non-hydrogen) atoms. The number of rotatable bonds is 2. The van der Waals surface area contributed by atoms with Crippen molar-refractivity contribution in [3.05, 3.63) is 46.8 Å². The predicted octanol–water partition coefficient (Wildman–Crippen LogP) is 2.92. The molecule has 1 aromatic heterocycles. The second kappa shape index (κ2) is 4.59. The molecule has 2 rings (SSSR count). The van der Waals surface area contributed by atoms with Gasteiger partial charge in [0.1, 0.15) is 5.00 Å². The average Bonchev–Trinajstić information content (AvgIpc) is 2.74. The van der Waals surface area contributed by atoms with Crippen LogP contribution in [0.1, 0.15) is 15.9 Å². The maximum Gasteiger partial charge on any atom is 0.258 e. The lowest BCUT2D eigenvalue weighted by Crippen LogP contribution is -2.25. The Morgan fingerprint density at radius 1 is 1.24 bits per heavy atom. The van der Waals surface area contributed by atoms with Crippen LogP contribution < -0.4 is 10.6 Å². The Kier molecular flexibility index (Phi) is 3.15. The van der Waals surface area contributed by atoms with Gasteiger partial charge in [-0.3, -0.25) is 4.79 Å². The minimum atomic E-state index is -0.0180. The van der Waals surface area contributed by atoms with Crippen molar-refractivity contribution >= 4 is 27.9 Å². The highest BCUT2D eigenvalue weighted by molar-refractivity contribution is 7.14. The van der Waals surface area contributed by atoms with Crippen LogP contribution in [0.3, 0.4) is 0 Å². The first-order chi connectivity index (χ1) is 8.09. The molecule has 0 bridgehead atoms. The van der Waals surface area contributed by atoms with Gasteiger partial charge in [0.25, 0.3) is 5.91 Å². The van der Waals surface area contributed by atoms with Gasteiger partial charge >= 0.3 is 0 Å². The summed E-state index contributed by atoms with van der Waals surface area (Å²) in [5.41, 5.74) is 8.02. The first kappa shape index (κ1) is 11.7. The van der Waals surface area contributed by atoms with Gasteiger partial charge in [0.15, 0.2) is 0 Å². The normalized spacial score (nSPS) is 10.2. The number of amides is 1. The van der Waals surface area contributed by atoms with Crippen LogP contribution in [0, 0.1) is 6.92 Å². The maximum atomic E-state index is 12.2. The number of nitrogens with two attached hydrogens (primary N) is 1. The van der Waals surface area contributed by atoms with E-state index in [0.29, 0.717) is 11.3 Å². The molecule has 3 nitrogen and oxygen atoms in total. The van der Waals surface area contributed by atoms with Crippen LogP contribution in [0.5, 0.6) is 0 Å². The molecule has 2 N–H and O–H groups in total. The van der Waals surface area contributed by atoms with E-state index < -0.39 is 0 Å². The molecule has 0 saturated heterocycles. The molecule has 0 fully saturated rings. The Labute approximate surface area is 104 Å². The summed E-state index contributed by atoms with van der Waals surface area (Å²) in [7, 11) is 1.79. The average molecular weight is 246 g/mol. The monoisotopic (exact) mass is 246 g/mol. The highest BCUT2D eigenvalue weighted by Crippen LogP contribution is 2.27. The zero-order valence-corrected chi connectivity index (χ0v) is 10.6. The smallest absolute Gasteiger partial charge is 0.258 e. The number of hydrogen-bond donors (Lipinski definition) is 1. The zero-order valence-electron chi connectivity index (χ0n) is 9.81. The quantitative estimate of drug-likeness (QED) is 0.828. The van der Waals surface area contributed by atoms with Crippen molar-refractivity contribution in [1.29, 1.82) is 0 Å². The number of benzene rings is 1. The molecule has 0 radical (unpaired) electrons. The standard InChI is InChI=1S/C13H14N2OS/c1-9-7-8-17-13(9)15(2)12(16)10-3-5-11(14)6-4-10/h3-8H,14H2,1-2H3. The zero-order chi connectivity index (χ0) is 12.4. The topological polar surface area (TPSA) is 46.3 Å². The number of nitrogens with zero attached hydrogens (tertiary/aromatic N) is 1. The summed E-state index contributed by atoms with van der Waals surface area (Å²) in [6, 6.07) is 8.98. The minimum absolute atomic E-state index is 0.0180. The Morgan fingerprint density at radius 2 is 1.88 bits per heavy atom. The summed E-state index contributed by atoms with van der Waals surface area (Å²) in [6.45, 7) is 2.00.